The van der Waals surface area contributed by atoms with Gasteiger partial charge < -0.3 is 5.73 Å². The monoisotopic (exact) mass is 143 g/mol. The summed E-state index contributed by atoms with van der Waals surface area (Å²) in [6.07, 6.45) is -4.55. The normalized spacial score (nSPS) is 15.7. The van der Waals surface area contributed by atoms with Gasteiger partial charge in [0.2, 0.25) is 0 Å². The molecule has 0 unspecified atom stereocenters. The summed E-state index contributed by atoms with van der Waals surface area (Å²) < 4.78 is 36.8. The minimum Gasteiger partial charge on any atom is -0.326 e. The van der Waals surface area contributed by atoms with E-state index in [-0.39, 0.29) is 0 Å². The van der Waals surface area contributed by atoms with Crippen LogP contribution in [-0.4, -0.2) is 19.0 Å². The third-order valence-corrected chi connectivity index (χ3v) is 0.510. The second kappa shape index (κ2) is 3.03. The van der Waals surface area contributed by atoms with Crippen LogP contribution in [0.15, 0.2) is 0 Å². The molecule has 2 nitrogen and oxygen atoms in total. The van der Waals surface area contributed by atoms with Crippen LogP contribution >= 0.6 is 0 Å². The predicted octanol–water partition coefficient (Wildman–Crippen LogP) is 0.870. The van der Waals surface area contributed by atoms with Gasteiger partial charge in [-0.25, -0.2) is 0 Å². The van der Waals surface area contributed by atoms with E-state index >= 15 is 0 Å². The SMILES string of the molecule is C[C@H](N)COC(F)(F)F. The molecule has 0 heterocycles. The molecular formula is C4H8F3NO. The minimum atomic E-state index is -4.55. The molecule has 0 rings (SSSR count). The second-order valence-corrected chi connectivity index (χ2v) is 1.73. The van der Waals surface area contributed by atoms with Gasteiger partial charge in [0.15, 0.2) is 0 Å². The second-order valence-electron chi connectivity index (χ2n) is 1.73. The topological polar surface area (TPSA) is 35.2 Å². The summed E-state index contributed by atoms with van der Waals surface area (Å²) in [7, 11) is 0. The molecule has 0 aliphatic rings. The molecule has 0 aromatic heterocycles. The summed E-state index contributed by atoms with van der Waals surface area (Å²) in [4.78, 5) is 0. The quantitative estimate of drug-likeness (QED) is 0.622. The Hall–Kier alpha value is -0.290. The Labute approximate surface area is 50.8 Å². The van der Waals surface area contributed by atoms with Gasteiger partial charge in [-0.15, -0.1) is 13.2 Å². The van der Waals surface area contributed by atoms with Crippen LogP contribution in [0.5, 0.6) is 0 Å². The van der Waals surface area contributed by atoms with Crippen LogP contribution in [0.2, 0.25) is 0 Å². The lowest BCUT2D eigenvalue weighted by molar-refractivity contribution is -0.325. The molecule has 0 aromatic rings. The largest absolute Gasteiger partial charge is 0.522 e. The fraction of sp³-hybridized carbons (Fsp3) is 1.00. The summed E-state index contributed by atoms with van der Waals surface area (Å²) >= 11 is 0. The Bertz CT molecular complexity index is 80.4. The number of ether oxygens (including phenoxy) is 1. The van der Waals surface area contributed by atoms with Gasteiger partial charge in [-0.2, -0.15) is 0 Å². The number of hydrogen-bond donors (Lipinski definition) is 1. The Kier molecular flexibility index (Phi) is 2.93. The Morgan fingerprint density at radius 1 is 1.56 bits per heavy atom. The highest BCUT2D eigenvalue weighted by Gasteiger charge is 2.28. The van der Waals surface area contributed by atoms with Crippen molar-refractivity contribution in [3.05, 3.63) is 0 Å². The summed E-state index contributed by atoms with van der Waals surface area (Å²) in [5.74, 6) is 0. The highest BCUT2D eigenvalue weighted by Crippen LogP contribution is 2.15. The molecule has 0 amide bonds. The number of rotatable bonds is 2. The average Bonchev–Trinajstić information content (AvgIpc) is 1.59. The molecule has 5 heteroatoms. The molecule has 0 spiro atoms. The molecule has 9 heavy (non-hydrogen) atoms. The summed E-state index contributed by atoms with van der Waals surface area (Å²) in [6, 6.07) is -0.577. The standard InChI is InChI=1S/C4H8F3NO/c1-3(8)2-9-4(5,6)7/h3H,2,8H2,1H3/t3-/m0/s1. The molecule has 0 saturated heterocycles. The summed E-state index contributed by atoms with van der Waals surface area (Å²) in [6.45, 7) is 0.954. The first-order valence-electron chi connectivity index (χ1n) is 2.38. The van der Waals surface area contributed by atoms with Crippen molar-refractivity contribution < 1.29 is 17.9 Å². The molecule has 56 valence electrons. The lowest BCUT2D eigenvalue weighted by Gasteiger charge is -2.08. The van der Waals surface area contributed by atoms with Gasteiger partial charge in [-0.05, 0) is 6.92 Å². The van der Waals surface area contributed by atoms with Crippen molar-refractivity contribution in [2.75, 3.05) is 6.61 Å². The van der Waals surface area contributed by atoms with Crippen molar-refractivity contribution in [2.24, 2.45) is 5.73 Å². The molecule has 0 aromatic carbocycles. The molecule has 0 saturated carbocycles. The molecule has 0 aliphatic carbocycles. The zero-order valence-corrected chi connectivity index (χ0v) is 4.90. The maximum Gasteiger partial charge on any atom is 0.522 e. The van der Waals surface area contributed by atoms with Crippen LogP contribution in [0, 0.1) is 0 Å². The van der Waals surface area contributed by atoms with Gasteiger partial charge in [0, 0.05) is 6.04 Å². The average molecular weight is 143 g/mol. The van der Waals surface area contributed by atoms with Crippen molar-refractivity contribution in [3.8, 4) is 0 Å². The zero-order valence-electron chi connectivity index (χ0n) is 4.90. The fourth-order valence-corrected chi connectivity index (χ4v) is 0.226. The number of halogens is 3. The lowest BCUT2D eigenvalue weighted by atomic mass is 10.4. The maximum absolute atomic E-state index is 11.1. The van der Waals surface area contributed by atoms with E-state index in [0.29, 0.717) is 0 Å². The summed E-state index contributed by atoms with van der Waals surface area (Å²) in [5.41, 5.74) is 4.97. The van der Waals surface area contributed by atoms with Gasteiger partial charge >= 0.3 is 6.36 Å². The van der Waals surface area contributed by atoms with Crippen molar-refractivity contribution in [1.82, 2.24) is 0 Å². The predicted molar refractivity (Wildman–Crippen MR) is 25.7 cm³/mol. The van der Waals surface area contributed by atoms with Crippen LogP contribution in [0.3, 0.4) is 0 Å². The maximum atomic E-state index is 11.1. The molecule has 0 fully saturated rings. The summed E-state index contributed by atoms with van der Waals surface area (Å²) in [5, 5.41) is 0. The van der Waals surface area contributed by atoms with E-state index in [1.165, 1.54) is 6.92 Å². The van der Waals surface area contributed by atoms with Gasteiger partial charge in [-0.3, -0.25) is 4.74 Å². The highest BCUT2D eigenvalue weighted by atomic mass is 19.4. The van der Waals surface area contributed by atoms with Gasteiger partial charge in [0.1, 0.15) is 0 Å². The lowest BCUT2D eigenvalue weighted by Crippen LogP contribution is -2.27. The smallest absolute Gasteiger partial charge is 0.326 e. The third-order valence-electron chi connectivity index (χ3n) is 0.510. The van der Waals surface area contributed by atoms with Gasteiger partial charge in [0.25, 0.3) is 0 Å². The number of hydrogen-bond acceptors (Lipinski definition) is 2. The van der Waals surface area contributed by atoms with Crippen molar-refractivity contribution in [3.63, 3.8) is 0 Å². The highest BCUT2D eigenvalue weighted by molar-refractivity contribution is 4.48. The Morgan fingerprint density at radius 2 is 2.00 bits per heavy atom. The van der Waals surface area contributed by atoms with Gasteiger partial charge in [0.05, 0.1) is 6.61 Å². The fourth-order valence-electron chi connectivity index (χ4n) is 0.226. The van der Waals surface area contributed by atoms with Crippen LogP contribution in [0.1, 0.15) is 6.92 Å². The van der Waals surface area contributed by atoms with E-state index in [1.54, 1.807) is 0 Å². The molecule has 0 bridgehead atoms. The first kappa shape index (κ1) is 8.71. The first-order chi connectivity index (χ1) is 3.92. The van der Waals surface area contributed by atoms with Crippen LogP contribution in [0.4, 0.5) is 13.2 Å². The first-order valence-corrected chi connectivity index (χ1v) is 2.38. The van der Waals surface area contributed by atoms with E-state index in [0.717, 1.165) is 0 Å². The Morgan fingerprint density at radius 3 is 2.11 bits per heavy atom. The molecular weight excluding hydrogens is 135 g/mol. The van der Waals surface area contributed by atoms with E-state index in [2.05, 4.69) is 4.74 Å². The van der Waals surface area contributed by atoms with Crippen LogP contribution < -0.4 is 5.73 Å². The van der Waals surface area contributed by atoms with Crippen molar-refractivity contribution in [1.29, 1.82) is 0 Å². The van der Waals surface area contributed by atoms with E-state index < -0.39 is 19.0 Å². The van der Waals surface area contributed by atoms with Crippen molar-refractivity contribution >= 4 is 0 Å². The van der Waals surface area contributed by atoms with E-state index in [4.69, 9.17) is 5.73 Å². The molecule has 0 aliphatic heterocycles. The van der Waals surface area contributed by atoms with E-state index in [1.807, 2.05) is 0 Å². The molecule has 2 N–H and O–H groups in total. The van der Waals surface area contributed by atoms with Crippen LogP contribution in [0.25, 0.3) is 0 Å². The zero-order chi connectivity index (χ0) is 7.49. The number of nitrogens with two attached hydrogens (primary N) is 1. The molecule has 0 radical (unpaired) electrons. The molecule has 1 atom stereocenters. The Balaban J connectivity index is 3.28. The number of alkyl halides is 3. The van der Waals surface area contributed by atoms with Gasteiger partial charge in [-0.1, -0.05) is 0 Å². The third kappa shape index (κ3) is 7.71. The van der Waals surface area contributed by atoms with Crippen LogP contribution in [-0.2, 0) is 4.74 Å². The minimum absolute atomic E-state index is 0.483. The van der Waals surface area contributed by atoms with Crippen molar-refractivity contribution in [2.45, 2.75) is 19.3 Å². The van der Waals surface area contributed by atoms with E-state index in [9.17, 15) is 13.2 Å².